The Morgan fingerprint density at radius 3 is 2.68 bits per heavy atom. The molecule has 0 radical (unpaired) electrons. The Labute approximate surface area is 165 Å². The fourth-order valence-electron chi connectivity index (χ4n) is 2.63. The lowest BCUT2D eigenvalue weighted by Crippen LogP contribution is -2.20. The molecule has 0 bridgehead atoms. The van der Waals surface area contributed by atoms with E-state index in [1.54, 1.807) is 6.07 Å². The highest BCUT2D eigenvalue weighted by Gasteiger charge is 2.12. The average Bonchev–Trinajstić information content (AvgIpc) is 2.65. The molecule has 0 aliphatic carbocycles. The van der Waals surface area contributed by atoms with Gasteiger partial charge in [0.1, 0.15) is 11.6 Å². The molecule has 146 valence electrons. The minimum absolute atomic E-state index is 0.0401. The first-order valence-electron chi connectivity index (χ1n) is 8.58. The number of hydrogen-bond acceptors (Lipinski definition) is 4. The quantitative estimate of drug-likeness (QED) is 0.647. The summed E-state index contributed by atoms with van der Waals surface area (Å²) in [5, 5.41) is 3.01. The van der Waals surface area contributed by atoms with Crippen molar-refractivity contribution in [3.8, 4) is 5.75 Å². The van der Waals surface area contributed by atoms with Gasteiger partial charge in [-0.05, 0) is 43.2 Å². The van der Waals surface area contributed by atoms with Crippen molar-refractivity contribution in [1.29, 1.82) is 0 Å². The number of aryl methyl sites for hydroxylation is 1. The number of benzene rings is 2. The second-order valence-electron chi connectivity index (χ2n) is 6.13. The van der Waals surface area contributed by atoms with Crippen molar-refractivity contribution in [3.63, 3.8) is 0 Å². The molecule has 1 heterocycles. The van der Waals surface area contributed by atoms with Crippen LogP contribution in [0.5, 0.6) is 5.75 Å². The zero-order chi connectivity index (χ0) is 20.3. The van der Waals surface area contributed by atoms with Gasteiger partial charge < -0.3 is 14.6 Å². The topological polar surface area (TPSA) is 56.1 Å². The van der Waals surface area contributed by atoms with Gasteiger partial charge in [0.05, 0.1) is 18.2 Å². The standard InChI is InChI=1S/C20H18ClF2N3O2/c1-3-28-14-6-4-12(2)18(9-14)24-20-25-19(27)17(23)11-26(20)10-13-5-7-16(22)15(21)8-13/h4-9,11H,3,10H2,1-2H3,(H,24,25,27). The Morgan fingerprint density at radius 2 is 1.96 bits per heavy atom. The first kappa shape index (κ1) is 19.8. The van der Waals surface area contributed by atoms with Gasteiger partial charge in [-0.15, -0.1) is 0 Å². The highest BCUT2D eigenvalue weighted by atomic mass is 35.5. The van der Waals surface area contributed by atoms with Gasteiger partial charge in [-0.2, -0.15) is 9.37 Å². The van der Waals surface area contributed by atoms with Crippen LogP contribution in [0.2, 0.25) is 5.02 Å². The molecule has 0 spiro atoms. The zero-order valence-corrected chi connectivity index (χ0v) is 16.1. The maximum absolute atomic E-state index is 13.9. The van der Waals surface area contributed by atoms with Crippen molar-refractivity contribution in [2.24, 2.45) is 0 Å². The van der Waals surface area contributed by atoms with E-state index in [4.69, 9.17) is 16.3 Å². The number of ether oxygens (including phenoxy) is 1. The van der Waals surface area contributed by atoms with E-state index in [1.807, 2.05) is 26.0 Å². The predicted molar refractivity (Wildman–Crippen MR) is 105 cm³/mol. The zero-order valence-electron chi connectivity index (χ0n) is 15.3. The fourth-order valence-corrected chi connectivity index (χ4v) is 2.84. The summed E-state index contributed by atoms with van der Waals surface area (Å²) in [5.74, 6) is -0.740. The molecule has 0 saturated heterocycles. The fraction of sp³-hybridized carbons (Fsp3) is 0.200. The highest BCUT2D eigenvalue weighted by molar-refractivity contribution is 6.30. The van der Waals surface area contributed by atoms with Crippen LogP contribution in [0.1, 0.15) is 18.1 Å². The van der Waals surface area contributed by atoms with E-state index in [-0.39, 0.29) is 17.5 Å². The van der Waals surface area contributed by atoms with Crippen LogP contribution < -0.4 is 15.6 Å². The third-order valence-electron chi connectivity index (χ3n) is 4.06. The van der Waals surface area contributed by atoms with E-state index in [9.17, 15) is 13.6 Å². The van der Waals surface area contributed by atoms with Gasteiger partial charge in [-0.1, -0.05) is 23.7 Å². The van der Waals surface area contributed by atoms with Gasteiger partial charge in [-0.25, -0.2) is 4.39 Å². The molecule has 1 N–H and O–H groups in total. The summed E-state index contributed by atoms with van der Waals surface area (Å²) in [6.45, 7) is 4.40. The Bertz CT molecular complexity index is 1070. The number of rotatable bonds is 6. The molecular formula is C20H18ClF2N3O2. The van der Waals surface area contributed by atoms with E-state index in [2.05, 4.69) is 10.3 Å². The Morgan fingerprint density at radius 1 is 1.18 bits per heavy atom. The van der Waals surface area contributed by atoms with Crippen molar-refractivity contribution in [2.45, 2.75) is 20.4 Å². The predicted octanol–water partition coefficient (Wildman–Crippen LogP) is 4.67. The second-order valence-corrected chi connectivity index (χ2v) is 6.54. The molecule has 0 aliphatic rings. The molecule has 0 saturated carbocycles. The van der Waals surface area contributed by atoms with Gasteiger partial charge in [0.15, 0.2) is 0 Å². The molecule has 1 aromatic heterocycles. The van der Waals surface area contributed by atoms with E-state index in [0.29, 0.717) is 23.6 Å². The molecule has 0 aliphatic heterocycles. The maximum atomic E-state index is 13.9. The van der Waals surface area contributed by atoms with Gasteiger partial charge in [0, 0.05) is 18.0 Å². The average molecular weight is 406 g/mol. The molecule has 2 aromatic carbocycles. The van der Waals surface area contributed by atoms with Gasteiger partial charge >= 0.3 is 5.56 Å². The minimum atomic E-state index is -0.987. The van der Waals surface area contributed by atoms with E-state index in [0.717, 1.165) is 11.8 Å². The third-order valence-corrected chi connectivity index (χ3v) is 4.35. The van der Waals surface area contributed by atoms with Crippen LogP contribution in [-0.4, -0.2) is 16.2 Å². The molecule has 0 unspecified atom stereocenters. The van der Waals surface area contributed by atoms with Crippen LogP contribution in [0.25, 0.3) is 0 Å². The van der Waals surface area contributed by atoms with Gasteiger partial charge in [-0.3, -0.25) is 4.79 Å². The van der Waals surface area contributed by atoms with Crippen LogP contribution in [0.4, 0.5) is 20.4 Å². The summed E-state index contributed by atoms with van der Waals surface area (Å²) in [6, 6.07) is 9.66. The first-order valence-corrected chi connectivity index (χ1v) is 8.96. The molecule has 5 nitrogen and oxygen atoms in total. The number of aromatic nitrogens is 2. The lowest BCUT2D eigenvalue weighted by molar-refractivity contribution is 0.340. The first-order chi connectivity index (χ1) is 13.4. The third kappa shape index (κ3) is 4.48. The molecule has 0 fully saturated rings. The van der Waals surface area contributed by atoms with Crippen LogP contribution in [0, 0.1) is 18.6 Å². The summed E-state index contributed by atoms with van der Waals surface area (Å²) in [7, 11) is 0. The molecule has 3 aromatic rings. The highest BCUT2D eigenvalue weighted by Crippen LogP contribution is 2.25. The number of hydrogen-bond donors (Lipinski definition) is 1. The van der Waals surface area contributed by atoms with Crippen molar-refractivity contribution in [3.05, 3.63) is 80.7 Å². The van der Waals surface area contributed by atoms with E-state index >= 15 is 0 Å². The SMILES string of the molecule is CCOc1ccc(C)c(Nc2nc(=O)c(F)cn2Cc2ccc(F)c(Cl)c2)c1. The van der Waals surface area contributed by atoms with Crippen LogP contribution in [-0.2, 0) is 6.54 Å². The lowest BCUT2D eigenvalue weighted by atomic mass is 10.2. The minimum Gasteiger partial charge on any atom is -0.494 e. The summed E-state index contributed by atoms with van der Waals surface area (Å²) in [4.78, 5) is 15.5. The largest absolute Gasteiger partial charge is 0.494 e. The van der Waals surface area contributed by atoms with Crippen LogP contribution in [0.3, 0.4) is 0 Å². The molecule has 8 heteroatoms. The molecule has 28 heavy (non-hydrogen) atoms. The molecule has 0 atom stereocenters. The molecule has 0 amide bonds. The Kier molecular flexibility index (Phi) is 5.94. The van der Waals surface area contributed by atoms with Crippen molar-refractivity contribution in [1.82, 2.24) is 9.55 Å². The second kappa shape index (κ2) is 8.39. The van der Waals surface area contributed by atoms with Gasteiger partial charge in [0.25, 0.3) is 0 Å². The van der Waals surface area contributed by atoms with Crippen LogP contribution in [0.15, 0.2) is 47.4 Å². The van der Waals surface area contributed by atoms with E-state index in [1.165, 1.54) is 22.8 Å². The number of anilines is 2. The van der Waals surface area contributed by atoms with Crippen LogP contribution >= 0.6 is 11.6 Å². The summed E-state index contributed by atoms with van der Waals surface area (Å²) in [5.41, 5.74) is 1.20. The van der Waals surface area contributed by atoms with Crippen molar-refractivity contribution < 1.29 is 13.5 Å². The lowest BCUT2D eigenvalue weighted by Gasteiger charge is -2.16. The van der Waals surface area contributed by atoms with E-state index < -0.39 is 17.2 Å². The monoisotopic (exact) mass is 405 g/mol. The smallest absolute Gasteiger partial charge is 0.310 e. The number of nitrogens with one attached hydrogen (secondary N) is 1. The van der Waals surface area contributed by atoms with Crippen molar-refractivity contribution in [2.75, 3.05) is 11.9 Å². The Hall–Kier alpha value is -2.93. The number of halogens is 3. The molecule has 3 rings (SSSR count). The summed E-state index contributed by atoms with van der Waals surface area (Å²) in [6.07, 6.45) is 1.05. The normalized spacial score (nSPS) is 10.8. The maximum Gasteiger partial charge on any atom is 0.310 e. The molecular weight excluding hydrogens is 388 g/mol. The van der Waals surface area contributed by atoms with Gasteiger partial charge in [0.2, 0.25) is 11.8 Å². The van der Waals surface area contributed by atoms with Crippen molar-refractivity contribution >= 4 is 23.2 Å². The number of nitrogens with zero attached hydrogens (tertiary/aromatic N) is 2. The summed E-state index contributed by atoms with van der Waals surface area (Å²) >= 11 is 5.82. The Balaban J connectivity index is 1.99. The summed E-state index contributed by atoms with van der Waals surface area (Å²) < 4.78 is 34.2.